The number of methoxy groups -OCH3 is 2. The number of hydrogen-bond donors (Lipinski definition) is 2. The van der Waals surface area contributed by atoms with Gasteiger partial charge in [0.1, 0.15) is 0 Å². The summed E-state index contributed by atoms with van der Waals surface area (Å²) in [6, 6.07) is 12.0. The molecule has 0 aliphatic rings. The lowest BCUT2D eigenvalue weighted by molar-refractivity contribution is 0.101. The molecule has 0 unspecified atom stereocenters. The number of carbonyl (C=O) groups excluding carboxylic acids is 2. The van der Waals surface area contributed by atoms with E-state index in [0.29, 0.717) is 35.2 Å². The topological polar surface area (TPSA) is 89.8 Å². The lowest BCUT2D eigenvalue weighted by Gasteiger charge is -2.10. The third-order valence-corrected chi connectivity index (χ3v) is 5.04. The highest BCUT2D eigenvalue weighted by Crippen LogP contribution is 2.27. The number of ether oxygens (including phenoxy) is 2. The summed E-state index contributed by atoms with van der Waals surface area (Å²) < 4.78 is 15.6. The van der Waals surface area contributed by atoms with Crippen LogP contribution in [0.5, 0.6) is 11.5 Å². The SMILES string of the molecule is COc1ccc(CNC(=O)NCc2ccc(C(=O)c3ccco3)s2)cc1OC. The summed E-state index contributed by atoms with van der Waals surface area (Å²) in [5.41, 5.74) is 0.884. The Hall–Kier alpha value is -3.26. The first-order valence-electron chi connectivity index (χ1n) is 8.50. The van der Waals surface area contributed by atoms with Crippen LogP contribution in [0.4, 0.5) is 4.79 Å². The number of ketones is 1. The van der Waals surface area contributed by atoms with Gasteiger partial charge in [0.05, 0.1) is 31.9 Å². The zero-order chi connectivity index (χ0) is 19.9. The molecule has 28 heavy (non-hydrogen) atoms. The van der Waals surface area contributed by atoms with Gasteiger partial charge in [0, 0.05) is 11.4 Å². The normalized spacial score (nSPS) is 10.4. The molecule has 1 aromatic carbocycles. The van der Waals surface area contributed by atoms with E-state index in [1.807, 2.05) is 18.2 Å². The summed E-state index contributed by atoms with van der Waals surface area (Å²) in [5, 5.41) is 5.56. The lowest BCUT2D eigenvalue weighted by atomic mass is 10.2. The second-order valence-corrected chi connectivity index (χ2v) is 6.97. The van der Waals surface area contributed by atoms with Crippen LogP contribution in [0, 0.1) is 0 Å². The second-order valence-electron chi connectivity index (χ2n) is 5.80. The number of urea groups is 1. The minimum atomic E-state index is -0.304. The largest absolute Gasteiger partial charge is 0.493 e. The van der Waals surface area contributed by atoms with E-state index in [1.54, 1.807) is 38.5 Å². The van der Waals surface area contributed by atoms with E-state index in [-0.39, 0.29) is 11.8 Å². The molecule has 2 amide bonds. The molecule has 0 fully saturated rings. The van der Waals surface area contributed by atoms with Crippen molar-refractivity contribution in [2.75, 3.05) is 14.2 Å². The Labute approximate surface area is 166 Å². The number of amides is 2. The molecule has 146 valence electrons. The van der Waals surface area contributed by atoms with Crippen LogP contribution in [0.1, 0.15) is 25.9 Å². The molecule has 0 saturated heterocycles. The maximum absolute atomic E-state index is 12.2. The number of carbonyl (C=O) groups is 2. The zero-order valence-electron chi connectivity index (χ0n) is 15.5. The Balaban J connectivity index is 1.49. The maximum Gasteiger partial charge on any atom is 0.315 e. The van der Waals surface area contributed by atoms with E-state index in [1.165, 1.54) is 17.6 Å². The number of hydrogen-bond acceptors (Lipinski definition) is 6. The molecule has 0 bridgehead atoms. The average molecular weight is 400 g/mol. The van der Waals surface area contributed by atoms with Crippen molar-refractivity contribution in [2.45, 2.75) is 13.1 Å². The molecule has 0 spiro atoms. The Morgan fingerprint density at radius 3 is 2.50 bits per heavy atom. The molecule has 0 saturated carbocycles. The van der Waals surface area contributed by atoms with E-state index in [0.717, 1.165) is 10.4 Å². The molecule has 0 aliphatic carbocycles. The van der Waals surface area contributed by atoms with Gasteiger partial charge in [-0.25, -0.2) is 4.79 Å². The van der Waals surface area contributed by atoms with E-state index in [4.69, 9.17) is 13.9 Å². The van der Waals surface area contributed by atoms with E-state index < -0.39 is 0 Å². The smallest absolute Gasteiger partial charge is 0.315 e. The van der Waals surface area contributed by atoms with Crippen LogP contribution in [0.3, 0.4) is 0 Å². The van der Waals surface area contributed by atoms with Gasteiger partial charge in [0.2, 0.25) is 5.78 Å². The van der Waals surface area contributed by atoms with Crippen LogP contribution in [0.15, 0.2) is 53.1 Å². The van der Waals surface area contributed by atoms with Crippen molar-refractivity contribution in [3.8, 4) is 11.5 Å². The highest BCUT2D eigenvalue weighted by molar-refractivity contribution is 7.14. The molecule has 7 nitrogen and oxygen atoms in total. The molecular formula is C20H20N2O5S. The molecule has 3 rings (SSSR count). The first-order valence-corrected chi connectivity index (χ1v) is 9.32. The molecule has 2 heterocycles. The van der Waals surface area contributed by atoms with Crippen LogP contribution in [0.2, 0.25) is 0 Å². The summed E-state index contributed by atoms with van der Waals surface area (Å²) in [6.07, 6.45) is 1.46. The van der Waals surface area contributed by atoms with Crippen molar-refractivity contribution < 1.29 is 23.5 Å². The van der Waals surface area contributed by atoms with Gasteiger partial charge in [0.15, 0.2) is 17.3 Å². The van der Waals surface area contributed by atoms with Gasteiger partial charge in [-0.05, 0) is 42.0 Å². The van der Waals surface area contributed by atoms with Crippen molar-refractivity contribution in [1.82, 2.24) is 10.6 Å². The fourth-order valence-corrected chi connectivity index (χ4v) is 3.42. The number of benzene rings is 1. The molecule has 0 radical (unpaired) electrons. The number of nitrogens with one attached hydrogen (secondary N) is 2. The third kappa shape index (κ3) is 4.72. The van der Waals surface area contributed by atoms with Gasteiger partial charge in [-0.3, -0.25) is 4.79 Å². The first-order chi connectivity index (χ1) is 13.6. The highest BCUT2D eigenvalue weighted by Gasteiger charge is 2.14. The third-order valence-electron chi connectivity index (χ3n) is 3.95. The van der Waals surface area contributed by atoms with Gasteiger partial charge in [0.25, 0.3) is 0 Å². The van der Waals surface area contributed by atoms with E-state index in [2.05, 4.69) is 10.6 Å². The van der Waals surface area contributed by atoms with Gasteiger partial charge in [-0.1, -0.05) is 6.07 Å². The molecular weight excluding hydrogens is 380 g/mol. The fraction of sp³-hybridized carbons (Fsp3) is 0.200. The lowest BCUT2D eigenvalue weighted by Crippen LogP contribution is -2.34. The molecule has 2 N–H and O–H groups in total. The van der Waals surface area contributed by atoms with Crippen LogP contribution < -0.4 is 20.1 Å². The number of thiophene rings is 1. The van der Waals surface area contributed by atoms with Gasteiger partial charge >= 0.3 is 6.03 Å². The summed E-state index contributed by atoms with van der Waals surface area (Å²) >= 11 is 1.32. The van der Waals surface area contributed by atoms with E-state index >= 15 is 0 Å². The minimum Gasteiger partial charge on any atom is -0.493 e. The van der Waals surface area contributed by atoms with Crippen LogP contribution in [-0.2, 0) is 13.1 Å². The van der Waals surface area contributed by atoms with Crippen molar-refractivity contribution in [1.29, 1.82) is 0 Å². The predicted molar refractivity (Wildman–Crippen MR) is 105 cm³/mol. The van der Waals surface area contributed by atoms with Crippen molar-refractivity contribution >= 4 is 23.2 Å². The van der Waals surface area contributed by atoms with Gasteiger partial charge < -0.3 is 24.5 Å². The molecule has 0 aliphatic heterocycles. The predicted octanol–water partition coefficient (Wildman–Crippen LogP) is 3.59. The Kier molecular flexibility index (Phi) is 6.33. The summed E-state index contributed by atoms with van der Waals surface area (Å²) in [5.74, 6) is 1.37. The minimum absolute atomic E-state index is 0.167. The monoisotopic (exact) mass is 400 g/mol. The van der Waals surface area contributed by atoms with Crippen LogP contribution >= 0.6 is 11.3 Å². The summed E-state index contributed by atoms with van der Waals surface area (Å²) in [7, 11) is 3.13. The zero-order valence-corrected chi connectivity index (χ0v) is 16.3. The molecule has 0 atom stereocenters. The summed E-state index contributed by atoms with van der Waals surface area (Å²) in [4.78, 5) is 25.7. The fourth-order valence-electron chi connectivity index (χ4n) is 2.53. The standard InChI is InChI=1S/C20H20N2O5S/c1-25-15-7-5-13(10-17(15)26-2)11-21-20(24)22-12-14-6-8-18(28-14)19(23)16-4-3-9-27-16/h3-10H,11-12H2,1-2H3,(H2,21,22,24). The van der Waals surface area contributed by atoms with Crippen LogP contribution in [0.25, 0.3) is 0 Å². The average Bonchev–Trinajstić information content (AvgIpc) is 3.42. The number of rotatable bonds is 8. The second kappa shape index (κ2) is 9.09. The highest BCUT2D eigenvalue weighted by atomic mass is 32.1. The van der Waals surface area contributed by atoms with Crippen molar-refractivity contribution in [3.63, 3.8) is 0 Å². The quantitative estimate of drug-likeness (QED) is 0.564. The Bertz CT molecular complexity index is 949. The van der Waals surface area contributed by atoms with E-state index in [9.17, 15) is 9.59 Å². The summed E-state index contributed by atoms with van der Waals surface area (Å²) in [6.45, 7) is 0.673. The Morgan fingerprint density at radius 1 is 1.00 bits per heavy atom. The molecule has 3 aromatic rings. The van der Waals surface area contributed by atoms with Gasteiger partial charge in [-0.2, -0.15) is 0 Å². The van der Waals surface area contributed by atoms with Crippen molar-refractivity contribution in [3.05, 3.63) is 69.8 Å². The molecule has 8 heteroatoms. The molecule has 2 aromatic heterocycles. The number of furan rings is 1. The Morgan fingerprint density at radius 2 is 1.79 bits per heavy atom. The van der Waals surface area contributed by atoms with Crippen LogP contribution in [-0.4, -0.2) is 26.0 Å². The first kappa shape index (κ1) is 19.5. The van der Waals surface area contributed by atoms with Crippen molar-refractivity contribution in [2.24, 2.45) is 0 Å². The van der Waals surface area contributed by atoms with Gasteiger partial charge in [-0.15, -0.1) is 11.3 Å². The maximum atomic E-state index is 12.2.